The van der Waals surface area contributed by atoms with Crippen LogP contribution in [0, 0.1) is 0 Å². The average Bonchev–Trinajstić information content (AvgIpc) is 2.38. The molecular formula is C14H29N3O3. The quantitative estimate of drug-likeness (QED) is 0.640. The molecule has 0 saturated heterocycles. The number of rotatable bonds is 10. The Balaban J connectivity index is 4.49. The second kappa shape index (κ2) is 10.5. The third kappa shape index (κ3) is 7.99. The van der Waals surface area contributed by atoms with Gasteiger partial charge in [0.05, 0.1) is 0 Å². The molecule has 0 heterocycles. The Morgan fingerprint density at radius 2 is 1.75 bits per heavy atom. The van der Waals surface area contributed by atoms with Gasteiger partial charge in [0.2, 0.25) is 0 Å². The number of hydrogen-bond acceptors (Lipinski definition) is 3. The predicted octanol–water partition coefficient (Wildman–Crippen LogP) is 1.61. The van der Waals surface area contributed by atoms with E-state index in [1.165, 1.54) is 0 Å². The highest BCUT2D eigenvalue weighted by Gasteiger charge is 2.22. The number of aliphatic carboxylic acids is 1. The number of unbranched alkanes of at least 4 members (excludes halogenated alkanes) is 1. The summed E-state index contributed by atoms with van der Waals surface area (Å²) in [5.41, 5.74) is 0. The lowest BCUT2D eigenvalue weighted by molar-refractivity contribution is -0.139. The minimum Gasteiger partial charge on any atom is -0.480 e. The molecule has 0 aliphatic carbocycles. The zero-order valence-electron chi connectivity index (χ0n) is 13.2. The van der Waals surface area contributed by atoms with Crippen molar-refractivity contribution in [2.45, 2.75) is 45.6 Å². The molecule has 20 heavy (non-hydrogen) atoms. The van der Waals surface area contributed by atoms with Gasteiger partial charge in [-0.2, -0.15) is 0 Å². The Morgan fingerprint density at radius 3 is 2.20 bits per heavy atom. The van der Waals surface area contributed by atoms with Gasteiger partial charge in [-0.05, 0) is 26.9 Å². The van der Waals surface area contributed by atoms with Gasteiger partial charge in [0.25, 0.3) is 0 Å². The minimum atomic E-state index is -0.962. The van der Waals surface area contributed by atoms with Crippen LogP contribution in [0.25, 0.3) is 0 Å². The van der Waals surface area contributed by atoms with E-state index in [-0.39, 0.29) is 6.03 Å². The van der Waals surface area contributed by atoms with Crippen molar-refractivity contribution in [3.8, 4) is 0 Å². The van der Waals surface area contributed by atoms with Crippen LogP contribution in [0.1, 0.15) is 39.5 Å². The molecule has 6 nitrogen and oxygen atoms in total. The van der Waals surface area contributed by atoms with Gasteiger partial charge < -0.3 is 20.2 Å². The standard InChI is InChI=1S/C14H29N3O3/c1-5-7-8-12(13(18)19)15-14(20)17(9-6-2)11-10-16(3)4/h12H,5-11H2,1-4H3,(H,15,20)(H,18,19). The molecule has 0 aromatic carbocycles. The molecule has 0 spiro atoms. The summed E-state index contributed by atoms with van der Waals surface area (Å²) in [7, 11) is 3.90. The van der Waals surface area contributed by atoms with E-state index in [9.17, 15) is 9.59 Å². The number of carbonyl (C=O) groups excluding carboxylic acids is 1. The van der Waals surface area contributed by atoms with Gasteiger partial charge >= 0.3 is 12.0 Å². The van der Waals surface area contributed by atoms with E-state index >= 15 is 0 Å². The van der Waals surface area contributed by atoms with Gasteiger partial charge in [0.15, 0.2) is 0 Å². The maximum Gasteiger partial charge on any atom is 0.326 e. The highest BCUT2D eigenvalue weighted by Crippen LogP contribution is 2.03. The molecule has 0 fully saturated rings. The van der Waals surface area contributed by atoms with Gasteiger partial charge in [0, 0.05) is 19.6 Å². The molecule has 1 unspecified atom stereocenters. The lowest BCUT2D eigenvalue weighted by atomic mass is 10.1. The first-order valence-electron chi connectivity index (χ1n) is 7.35. The van der Waals surface area contributed by atoms with Crippen molar-refractivity contribution >= 4 is 12.0 Å². The van der Waals surface area contributed by atoms with E-state index in [4.69, 9.17) is 5.11 Å². The fourth-order valence-electron chi connectivity index (χ4n) is 1.81. The van der Waals surface area contributed by atoms with Crippen LogP contribution in [0.15, 0.2) is 0 Å². The molecule has 0 radical (unpaired) electrons. The molecule has 2 amide bonds. The first-order valence-corrected chi connectivity index (χ1v) is 7.35. The molecule has 2 N–H and O–H groups in total. The summed E-state index contributed by atoms with van der Waals surface area (Å²) in [5, 5.41) is 11.8. The molecule has 1 atom stereocenters. The summed E-state index contributed by atoms with van der Waals surface area (Å²) in [6.45, 7) is 6.01. The molecule has 0 rings (SSSR count). The summed E-state index contributed by atoms with van der Waals surface area (Å²) in [5.74, 6) is -0.962. The van der Waals surface area contributed by atoms with Crippen molar-refractivity contribution in [2.75, 3.05) is 33.7 Å². The van der Waals surface area contributed by atoms with Crippen LogP contribution in [0.2, 0.25) is 0 Å². The summed E-state index contributed by atoms with van der Waals surface area (Å²) >= 11 is 0. The second-order valence-electron chi connectivity index (χ2n) is 5.27. The Labute approximate surface area is 122 Å². The smallest absolute Gasteiger partial charge is 0.326 e. The van der Waals surface area contributed by atoms with Crippen LogP contribution in [0.5, 0.6) is 0 Å². The number of carbonyl (C=O) groups is 2. The first-order chi connectivity index (χ1) is 9.42. The van der Waals surface area contributed by atoms with Crippen molar-refractivity contribution in [3.05, 3.63) is 0 Å². The van der Waals surface area contributed by atoms with Gasteiger partial charge in [0.1, 0.15) is 6.04 Å². The maximum atomic E-state index is 12.2. The number of amides is 2. The number of carboxylic acids is 1. The lowest BCUT2D eigenvalue weighted by Gasteiger charge is -2.26. The van der Waals surface area contributed by atoms with E-state index in [2.05, 4.69) is 5.32 Å². The van der Waals surface area contributed by atoms with E-state index in [1.54, 1.807) is 4.90 Å². The van der Waals surface area contributed by atoms with Crippen LogP contribution < -0.4 is 5.32 Å². The second-order valence-corrected chi connectivity index (χ2v) is 5.27. The predicted molar refractivity (Wildman–Crippen MR) is 79.9 cm³/mol. The van der Waals surface area contributed by atoms with Gasteiger partial charge in [-0.25, -0.2) is 9.59 Å². The van der Waals surface area contributed by atoms with Crippen LogP contribution >= 0.6 is 0 Å². The maximum absolute atomic E-state index is 12.2. The fourth-order valence-corrected chi connectivity index (χ4v) is 1.81. The van der Waals surface area contributed by atoms with E-state index < -0.39 is 12.0 Å². The fraction of sp³-hybridized carbons (Fsp3) is 0.857. The molecule has 0 bridgehead atoms. The van der Waals surface area contributed by atoms with Crippen molar-refractivity contribution in [1.29, 1.82) is 0 Å². The summed E-state index contributed by atoms with van der Waals surface area (Å²) in [6, 6.07) is -1.07. The monoisotopic (exact) mass is 287 g/mol. The Kier molecular flexibility index (Phi) is 9.80. The van der Waals surface area contributed by atoms with E-state index in [0.29, 0.717) is 19.5 Å². The number of nitrogens with zero attached hydrogens (tertiary/aromatic N) is 2. The van der Waals surface area contributed by atoms with E-state index in [0.717, 1.165) is 25.8 Å². The van der Waals surface area contributed by atoms with Gasteiger partial charge in [-0.3, -0.25) is 0 Å². The zero-order chi connectivity index (χ0) is 15.5. The number of carboxylic acid groups (broad SMARTS) is 1. The molecule has 0 aromatic rings. The Hall–Kier alpha value is -1.30. The lowest BCUT2D eigenvalue weighted by Crippen LogP contribution is -2.49. The molecule has 0 aromatic heterocycles. The van der Waals surface area contributed by atoms with Crippen molar-refractivity contribution in [3.63, 3.8) is 0 Å². The first kappa shape index (κ1) is 18.7. The van der Waals surface area contributed by atoms with Crippen LogP contribution in [-0.4, -0.2) is 66.7 Å². The number of hydrogen-bond donors (Lipinski definition) is 2. The van der Waals surface area contributed by atoms with Crippen molar-refractivity contribution < 1.29 is 14.7 Å². The summed E-state index contributed by atoms with van der Waals surface area (Å²) in [6.07, 6.45) is 3.04. The summed E-state index contributed by atoms with van der Waals surface area (Å²) in [4.78, 5) is 27.0. The minimum absolute atomic E-state index is 0.280. The SMILES string of the molecule is CCCCC(NC(=O)N(CCC)CCN(C)C)C(=O)O. The third-order valence-electron chi connectivity index (χ3n) is 3.04. The normalized spacial score (nSPS) is 12.2. The molecule has 0 aliphatic rings. The van der Waals surface area contributed by atoms with Crippen LogP contribution in [-0.2, 0) is 4.79 Å². The highest BCUT2D eigenvalue weighted by atomic mass is 16.4. The number of urea groups is 1. The topological polar surface area (TPSA) is 72.9 Å². The molecular weight excluding hydrogens is 258 g/mol. The largest absolute Gasteiger partial charge is 0.480 e. The van der Waals surface area contributed by atoms with Gasteiger partial charge in [-0.1, -0.05) is 26.7 Å². The van der Waals surface area contributed by atoms with Crippen molar-refractivity contribution in [1.82, 2.24) is 15.1 Å². The highest BCUT2D eigenvalue weighted by molar-refractivity contribution is 5.82. The Morgan fingerprint density at radius 1 is 1.10 bits per heavy atom. The van der Waals surface area contributed by atoms with Gasteiger partial charge in [-0.15, -0.1) is 0 Å². The molecule has 0 aliphatic heterocycles. The van der Waals surface area contributed by atoms with Crippen molar-refractivity contribution in [2.24, 2.45) is 0 Å². The average molecular weight is 287 g/mol. The van der Waals surface area contributed by atoms with Crippen LogP contribution in [0.4, 0.5) is 4.79 Å². The molecule has 0 saturated carbocycles. The number of likely N-dealkylation sites (N-methyl/N-ethyl adjacent to an activating group) is 1. The van der Waals surface area contributed by atoms with E-state index in [1.807, 2.05) is 32.8 Å². The molecule has 118 valence electrons. The Bertz CT molecular complexity index is 295. The summed E-state index contributed by atoms with van der Waals surface area (Å²) < 4.78 is 0. The number of nitrogens with one attached hydrogen (secondary N) is 1. The third-order valence-corrected chi connectivity index (χ3v) is 3.04. The zero-order valence-corrected chi connectivity index (χ0v) is 13.2. The van der Waals surface area contributed by atoms with Crippen LogP contribution in [0.3, 0.4) is 0 Å². The molecule has 6 heteroatoms.